The van der Waals surface area contributed by atoms with Gasteiger partial charge in [0.1, 0.15) is 17.2 Å². The van der Waals surface area contributed by atoms with E-state index < -0.39 is 11.9 Å². The third-order valence-corrected chi connectivity index (χ3v) is 8.71. The number of nitrogens with zero attached hydrogens (tertiary/aromatic N) is 1. The number of aliphatic imine (C=N–C) groups is 1. The Morgan fingerprint density at radius 1 is 0.667 bits per heavy atom. The van der Waals surface area contributed by atoms with Crippen molar-refractivity contribution in [2.75, 3.05) is 33.5 Å². The van der Waals surface area contributed by atoms with Crippen molar-refractivity contribution in [1.82, 2.24) is 0 Å². The van der Waals surface area contributed by atoms with Gasteiger partial charge in [0.15, 0.2) is 5.78 Å². The van der Waals surface area contributed by atoms with Gasteiger partial charge in [-0.25, -0.2) is 9.59 Å². The first-order valence-electron chi connectivity index (χ1n) is 17.4. The van der Waals surface area contributed by atoms with E-state index in [0.29, 0.717) is 73.3 Å². The Morgan fingerprint density at radius 3 is 1.74 bits per heavy atom. The van der Waals surface area contributed by atoms with Crippen molar-refractivity contribution in [2.24, 2.45) is 4.99 Å². The molecule has 0 atom stereocenters. The number of hydrogen-bond acceptors (Lipinski definition) is 11. The Hall–Kier alpha value is -5.94. The highest BCUT2D eigenvalue weighted by atomic mass is 32.2. The highest BCUT2D eigenvalue weighted by molar-refractivity contribution is 8.14. The van der Waals surface area contributed by atoms with E-state index >= 15 is 0 Å². The fraction of sp³-hybridized carbons (Fsp3) is 0.233. The summed E-state index contributed by atoms with van der Waals surface area (Å²) in [5.41, 5.74) is 3.38. The third kappa shape index (κ3) is 13.9. The summed E-state index contributed by atoms with van der Waals surface area (Å²) in [4.78, 5) is 53.4. The lowest BCUT2D eigenvalue weighted by Gasteiger charge is -2.10. The minimum Gasteiger partial charge on any atom is -0.496 e. The minimum atomic E-state index is -0.437. The average Bonchev–Trinajstić information content (AvgIpc) is 3.20. The number of thioether (sulfide) groups is 1. The summed E-state index contributed by atoms with van der Waals surface area (Å²) in [5, 5.41) is -0.0855. The van der Waals surface area contributed by atoms with Crippen LogP contribution in [0.25, 0.3) is 0 Å². The van der Waals surface area contributed by atoms with Crippen LogP contribution in [0.1, 0.15) is 57.5 Å². The third-order valence-electron chi connectivity index (χ3n) is 7.78. The second-order valence-electron chi connectivity index (χ2n) is 11.7. The van der Waals surface area contributed by atoms with E-state index in [1.165, 1.54) is 0 Å². The minimum absolute atomic E-state index is 0.0587. The first-order chi connectivity index (χ1) is 26.3. The van der Waals surface area contributed by atoms with Crippen LogP contribution in [0.15, 0.2) is 126 Å². The summed E-state index contributed by atoms with van der Waals surface area (Å²) in [6.45, 7) is 8.29. The van der Waals surface area contributed by atoms with Crippen LogP contribution in [0.3, 0.4) is 0 Å². The molecule has 54 heavy (non-hydrogen) atoms. The molecule has 0 aromatic heterocycles. The van der Waals surface area contributed by atoms with E-state index in [2.05, 4.69) is 18.2 Å². The van der Waals surface area contributed by atoms with Gasteiger partial charge in [0.2, 0.25) is 5.12 Å². The zero-order valence-corrected chi connectivity index (χ0v) is 31.0. The highest BCUT2D eigenvalue weighted by Gasteiger charge is 2.13. The zero-order valence-electron chi connectivity index (χ0n) is 30.2. The van der Waals surface area contributed by atoms with E-state index in [1.54, 1.807) is 67.9 Å². The smallest absolute Gasteiger partial charge is 0.330 e. The number of esters is 2. The maximum absolute atomic E-state index is 13.1. The number of benzene rings is 4. The molecule has 280 valence electrons. The van der Waals surface area contributed by atoms with Gasteiger partial charge in [0.05, 0.1) is 39.2 Å². The van der Waals surface area contributed by atoms with Crippen LogP contribution in [0.5, 0.6) is 17.2 Å². The van der Waals surface area contributed by atoms with Crippen LogP contribution in [-0.2, 0) is 25.5 Å². The number of carbonyl (C=O) groups is 4. The molecule has 0 radical (unpaired) electrons. The topological polar surface area (TPSA) is 127 Å². The lowest BCUT2D eigenvalue weighted by atomic mass is 10.0. The van der Waals surface area contributed by atoms with Gasteiger partial charge in [-0.3, -0.25) is 14.6 Å². The molecule has 0 bridgehead atoms. The largest absolute Gasteiger partial charge is 0.496 e. The van der Waals surface area contributed by atoms with Crippen LogP contribution in [-0.4, -0.2) is 62.6 Å². The van der Waals surface area contributed by atoms with E-state index in [0.717, 1.165) is 52.8 Å². The van der Waals surface area contributed by atoms with Crippen LogP contribution in [0, 0.1) is 0 Å². The molecule has 0 aliphatic heterocycles. The molecule has 0 aliphatic carbocycles. The molecule has 4 aromatic carbocycles. The van der Waals surface area contributed by atoms with E-state index in [1.807, 2.05) is 36.4 Å². The molecule has 10 nitrogen and oxygen atoms in total. The number of ether oxygens (including phenoxy) is 5. The van der Waals surface area contributed by atoms with E-state index in [-0.39, 0.29) is 17.3 Å². The summed E-state index contributed by atoms with van der Waals surface area (Å²) in [6.07, 6.45) is 6.96. The Kier molecular flexibility index (Phi) is 16.8. The maximum Gasteiger partial charge on any atom is 0.330 e. The molecule has 4 rings (SSSR count). The number of carbonyl (C=O) groups excluding carboxylic acids is 4. The maximum atomic E-state index is 13.1. The van der Waals surface area contributed by atoms with Crippen molar-refractivity contribution in [1.29, 1.82) is 0 Å². The Balaban J connectivity index is 1.21. The second-order valence-corrected chi connectivity index (χ2v) is 12.8. The SMILES string of the molecule is C=CC(=O)OCCCCOc1ccc(C(=O)Cc2ccc(N=Cc3ccc(SC(=O)c4ccc(OCCCCOC(=O)C=C)cc4)cc3)cc2OC)cc1. The second kappa shape index (κ2) is 22.2. The normalized spacial score (nSPS) is 10.7. The average molecular weight is 750 g/mol. The Bertz CT molecular complexity index is 1900. The molecule has 0 amide bonds. The molecule has 11 heteroatoms. The van der Waals surface area contributed by atoms with Gasteiger partial charge in [-0.2, -0.15) is 0 Å². The highest BCUT2D eigenvalue weighted by Crippen LogP contribution is 2.28. The van der Waals surface area contributed by atoms with Crippen molar-refractivity contribution in [3.05, 3.63) is 139 Å². The van der Waals surface area contributed by atoms with Gasteiger partial charge >= 0.3 is 11.9 Å². The standard InChI is InChI=1S/C43H43NO9S/c1-4-41(46)52-26-8-6-24-50-36-18-13-32(14-19-36)39(45)28-34-12-17-35(29-40(34)49-3)44-30-31-10-22-38(23-11-31)54-43(48)33-15-20-37(21-16-33)51-25-7-9-27-53-42(47)5-2/h4-5,10-23,29-30H,1-2,6-9,24-28H2,3H3. The zero-order chi connectivity index (χ0) is 38.5. The summed E-state index contributed by atoms with van der Waals surface area (Å²) < 4.78 is 26.9. The van der Waals surface area contributed by atoms with Crippen molar-refractivity contribution >= 4 is 46.5 Å². The number of methoxy groups -OCH3 is 1. The van der Waals surface area contributed by atoms with Crippen LogP contribution in [0.4, 0.5) is 5.69 Å². The van der Waals surface area contributed by atoms with Crippen molar-refractivity contribution in [3.8, 4) is 17.2 Å². The van der Waals surface area contributed by atoms with Crippen molar-refractivity contribution in [3.63, 3.8) is 0 Å². The molecule has 4 aromatic rings. The lowest BCUT2D eigenvalue weighted by molar-refractivity contribution is -0.138. The van der Waals surface area contributed by atoms with Gasteiger partial charge in [0.25, 0.3) is 0 Å². The Morgan fingerprint density at radius 2 is 1.20 bits per heavy atom. The quantitative estimate of drug-likeness (QED) is 0.0193. The van der Waals surface area contributed by atoms with Gasteiger partial charge < -0.3 is 23.7 Å². The number of hydrogen-bond donors (Lipinski definition) is 0. The number of unbranched alkanes of at least 4 members (excludes halogenated alkanes) is 2. The molecule has 0 N–H and O–H groups in total. The van der Waals surface area contributed by atoms with Gasteiger partial charge in [-0.05, 0) is 110 Å². The Labute approximate surface area is 319 Å². The van der Waals surface area contributed by atoms with Crippen LogP contribution < -0.4 is 14.2 Å². The lowest BCUT2D eigenvalue weighted by Crippen LogP contribution is -2.06. The van der Waals surface area contributed by atoms with E-state index in [4.69, 9.17) is 23.7 Å². The van der Waals surface area contributed by atoms with Gasteiger partial charge in [-0.15, -0.1) is 0 Å². The summed E-state index contributed by atoms with van der Waals surface area (Å²) in [7, 11) is 1.56. The van der Waals surface area contributed by atoms with Gasteiger partial charge in [-0.1, -0.05) is 31.4 Å². The van der Waals surface area contributed by atoms with Crippen molar-refractivity contribution in [2.45, 2.75) is 37.0 Å². The molecular formula is C43H43NO9S. The van der Waals surface area contributed by atoms with Crippen LogP contribution in [0.2, 0.25) is 0 Å². The fourth-order valence-electron chi connectivity index (χ4n) is 4.85. The number of Topliss-reactive ketones (excluding diaryl/α,β-unsaturated/α-hetero) is 1. The predicted molar refractivity (Wildman–Crippen MR) is 210 cm³/mol. The molecule has 0 spiro atoms. The van der Waals surface area contributed by atoms with Crippen LogP contribution >= 0.6 is 11.8 Å². The molecule has 0 aliphatic rings. The first kappa shape index (κ1) is 40.8. The van der Waals surface area contributed by atoms with Crippen molar-refractivity contribution < 1.29 is 42.9 Å². The van der Waals surface area contributed by atoms with Gasteiger partial charge in [0, 0.05) is 52.4 Å². The number of rotatable bonds is 22. The molecule has 0 unspecified atom stereocenters. The molecular weight excluding hydrogens is 707 g/mol. The monoisotopic (exact) mass is 749 g/mol. The molecule has 0 fully saturated rings. The molecule has 0 saturated heterocycles. The predicted octanol–water partition coefficient (Wildman–Crippen LogP) is 8.58. The fourth-order valence-corrected chi connectivity index (χ4v) is 5.59. The first-order valence-corrected chi connectivity index (χ1v) is 18.2. The summed E-state index contributed by atoms with van der Waals surface area (Å²) in [5.74, 6) is 0.944. The molecule has 0 heterocycles. The number of ketones is 1. The summed E-state index contributed by atoms with van der Waals surface area (Å²) >= 11 is 1.14. The summed E-state index contributed by atoms with van der Waals surface area (Å²) in [6, 6.07) is 27.0. The van der Waals surface area contributed by atoms with E-state index in [9.17, 15) is 19.2 Å². The molecule has 0 saturated carbocycles.